The first-order chi connectivity index (χ1) is 13.6. The monoisotopic (exact) mass is 454 g/mol. The third-order valence-electron chi connectivity index (χ3n) is 4.87. The average molecular weight is 455 g/mol. The Balaban J connectivity index is 2.26. The zero-order valence-electron chi connectivity index (χ0n) is 15.9. The molecule has 0 saturated carbocycles. The van der Waals surface area contributed by atoms with Gasteiger partial charge < -0.3 is 0 Å². The number of hydrogen-bond acceptors (Lipinski definition) is 2. The number of esters is 1. The molecule has 0 aliphatic heterocycles. The maximum atomic E-state index is 11.9. The van der Waals surface area contributed by atoms with Crippen LogP contribution in [0.1, 0.15) is 6.92 Å². The van der Waals surface area contributed by atoms with Crippen molar-refractivity contribution in [1.82, 2.24) is 0 Å². The molecule has 0 spiro atoms. The van der Waals surface area contributed by atoms with Crippen LogP contribution in [-0.4, -0.2) is 18.7 Å². The van der Waals surface area contributed by atoms with Crippen molar-refractivity contribution in [3.05, 3.63) is 103 Å². The van der Waals surface area contributed by atoms with Crippen LogP contribution in [-0.2, 0) is 9.53 Å². The predicted molar refractivity (Wildman–Crippen MR) is 125 cm³/mol. The van der Waals surface area contributed by atoms with Gasteiger partial charge in [-0.15, -0.1) is 0 Å². The SMILES string of the molecule is CCOC(=O)/C=C/CP(Br)(c1ccccc1)(c1ccccc1)c1ccccc1. The minimum atomic E-state index is -3.01. The van der Waals surface area contributed by atoms with Crippen molar-refractivity contribution >= 4 is 42.7 Å². The van der Waals surface area contributed by atoms with Crippen molar-refractivity contribution in [2.75, 3.05) is 12.8 Å². The molecule has 0 N–H and O–H groups in total. The van der Waals surface area contributed by atoms with Crippen molar-refractivity contribution in [3.63, 3.8) is 0 Å². The molecule has 0 aliphatic carbocycles. The van der Waals surface area contributed by atoms with Crippen LogP contribution in [0.25, 0.3) is 0 Å². The van der Waals surface area contributed by atoms with E-state index in [-0.39, 0.29) is 5.97 Å². The predicted octanol–water partition coefficient (Wildman–Crippen LogP) is 4.95. The molecule has 28 heavy (non-hydrogen) atoms. The Morgan fingerprint density at radius 1 is 0.821 bits per heavy atom. The molecular weight excluding hydrogens is 431 g/mol. The molecule has 0 aromatic heterocycles. The third-order valence-corrected chi connectivity index (χ3v) is 14.4. The van der Waals surface area contributed by atoms with E-state index < -0.39 is 5.31 Å². The summed E-state index contributed by atoms with van der Waals surface area (Å²) in [5.41, 5.74) is 0. The number of rotatable bonds is 7. The Hall–Kier alpha value is -2.22. The molecule has 3 rings (SSSR count). The third kappa shape index (κ3) is 3.83. The number of benzene rings is 3. The summed E-state index contributed by atoms with van der Waals surface area (Å²) in [7, 11) is 0. The summed E-state index contributed by atoms with van der Waals surface area (Å²) in [5.74, 6) is -0.311. The molecule has 0 saturated heterocycles. The van der Waals surface area contributed by atoms with Crippen LogP contribution in [0.3, 0.4) is 0 Å². The second-order valence-corrected chi connectivity index (χ2v) is 15.5. The first kappa shape index (κ1) is 20.5. The van der Waals surface area contributed by atoms with Crippen LogP contribution >= 0.6 is 20.8 Å². The van der Waals surface area contributed by atoms with Gasteiger partial charge in [0.15, 0.2) is 0 Å². The van der Waals surface area contributed by atoms with Crippen LogP contribution in [0.4, 0.5) is 0 Å². The van der Waals surface area contributed by atoms with Crippen molar-refractivity contribution in [1.29, 1.82) is 0 Å². The van der Waals surface area contributed by atoms with Gasteiger partial charge in [-0.25, -0.2) is 0 Å². The second-order valence-electron chi connectivity index (χ2n) is 6.53. The molecule has 0 fully saturated rings. The molecule has 0 radical (unpaired) electrons. The molecule has 0 unspecified atom stereocenters. The normalized spacial score (nSPS) is 13.0. The molecule has 3 aromatic rings. The van der Waals surface area contributed by atoms with E-state index in [1.54, 1.807) is 6.08 Å². The van der Waals surface area contributed by atoms with E-state index in [1.165, 1.54) is 15.9 Å². The summed E-state index contributed by atoms with van der Waals surface area (Å²) in [4.78, 5) is 11.9. The fraction of sp³-hybridized carbons (Fsp3) is 0.125. The molecule has 2 nitrogen and oxygen atoms in total. The molecule has 0 bridgehead atoms. The summed E-state index contributed by atoms with van der Waals surface area (Å²) in [6, 6.07) is 31.5. The minimum absolute atomic E-state index is 0.311. The van der Waals surface area contributed by atoms with Gasteiger partial charge in [0, 0.05) is 0 Å². The Labute approximate surface area is 174 Å². The maximum absolute atomic E-state index is 11.9. The molecule has 4 heteroatoms. The Morgan fingerprint density at radius 3 is 1.57 bits per heavy atom. The molecule has 0 heterocycles. The van der Waals surface area contributed by atoms with Crippen LogP contribution in [0, 0.1) is 0 Å². The molecule has 3 aromatic carbocycles. The van der Waals surface area contributed by atoms with Gasteiger partial charge in [-0.1, -0.05) is 0 Å². The summed E-state index contributed by atoms with van der Waals surface area (Å²) >= 11 is 4.33. The van der Waals surface area contributed by atoms with Crippen molar-refractivity contribution in [3.8, 4) is 0 Å². The number of halogens is 1. The van der Waals surface area contributed by atoms with Crippen LogP contribution in [0.5, 0.6) is 0 Å². The average Bonchev–Trinajstić information content (AvgIpc) is 2.76. The number of carbonyl (C=O) groups excluding carboxylic acids is 1. The Kier molecular flexibility index (Phi) is 6.49. The van der Waals surface area contributed by atoms with Crippen LogP contribution < -0.4 is 15.9 Å². The van der Waals surface area contributed by atoms with Gasteiger partial charge >= 0.3 is 175 Å². The van der Waals surface area contributed by atoms with E-state index in [0.717, 1.165) is 0 Å². The Morgan fingerprint density at radius 2 is 1.21 bits per heavy atom. The Bertz CT molecular complexity index is 841. The van der Waals surface area contributed by atoms with Gasteiger partial charge in [0.1, 0.15) is 0 Å². The van der Waals surface area contributed by atoms with E-state index in [2.05, 4.69) is 88.3 Å². The molecule has 0 aliphatic rings. The summed E-state index contributed by atoms with van der Waals surface area (Å²) in [5, 5.41) is 0.657. The quantitative estimate of drug-likeness (QED) is 0.287. The number of ether oxygens (including phenoxy) is 1. The van der Waals surface area contributed by atoms with Gasteiger partial charge in [-0.3, -0.25) is 0 Å². The van der Waals surface area contributed by atoms with Gasteiger partial charge in [0.2, 0.25) is 0 Å². The topological polar surface area (TPSA) is 26.3 Å². The van der Waals surface area contributed by atoms with Gasteiger partial charge in [-0.05, 0) is 0 Å². The van der Waals surface area contributed by atoms with E-state index >= 15 is 0 Å². The fourth-order valence-corrected chi connectivity index (χ4v) is 10.6. The second kappa shape index (κ2) is 8.86. The van der Waals surface area contributed by atoms with Crippen LogP contribution in [0.15, 0.2) is 103 Å². The van der Waals surface area contributed by atoms with Gasteiger partial charge in [0.05, 0.1) is 0 Å². The van der Waals surface area contributed by atoms with Crippen molar-refractivity contribution in [2.45, 2.75) is 6.92 Å². The van der Waals surface area contributed by atoms with Crippen LogP contribution in [0.2, 0.25) is 0 Å². The van der Waals surface area contributed by atoms with Gasteiger partial charge in [-0.2, -0.15) is 0 Å². The molecule has 144 valence electrons. The van der Waals surface area contributed by atoms with E-state index in [4.69, 9.17) is 4.74 Å². The standard InChI is InChI=1S/C24H24BrO2P/c1-2-27-24(26)19-12-20-28(25,21-13-6-3-7-14-21,22-15-8-4-9-16-22)23-17-10-5-11-18-23/h3-19H,2,20H2,1H3/b19-12+. The molecule has 0 amide bonds. The van der Waals surface area contributed by atoms with E-state index in [1.807, 2.05) is 31.2 Å². The van der Waals surface area contributed by atoms with Crippen molar-refractivity contribution in [2.24, 2.45) is 0 Å². The van der Waals surface area contributed by atoms with Crippen molar-refractivity contribution < 1.29 is 9.53 Å². The summed E-state index contributed by atoms with van der Waals surface area (Å²) in [6.07, 6.45) is 4.15. The summed E-state index contributed by atoms with van der Waals surface area (Å²) in [6.45, 7) is 2.19. The first-order valence-electron chi connectivity index (χ1n) is 9.32. The molecule has 0 atom stereocenters. The van der Waals surface area contributed by atoms with E-state index in [0.29, 0.717) is 12.8 Å². The number of carbonyl (C=O) groups is 1. The zero-order valence-corrected chi connectivity index (χ0v) is 18.4. The van der Waals surface area contributed by atoms with Gasteiger partial charge in [0.25, 0.3) is 0 Å². The summed E-state index contributed by atoms with van der Waals surface area (Å²) < 4.78 is 5.08. The fourth-order valence-electron chi connectivity index (χ4n) is 3.52. The first-order valence-corrected chi connectivity index (χ1v) is 13.8. The molecular formula is C24H24BrO2P. The zero-order chi connectivity index (χ0) is 19.9. The number of hydrogen-bond donors (Lipinski definition) is 0. The number of allylic oxidation sites excluding steroid dienone is 1. The van der Waals surface area contributed by atoms with E-state index in [9.17, 15) is 4.79 Å².